The molecule has 81 heavy (non-hydrogen) atoms. The molecule has 0 amide bonds. The normalized spacial score (nSPS) is 26.2. The van der Waals surface area contributed by atoms with Gasteiger partial charge in [0.15, 0.2) is 0 Å². The highest BCUT2D eigenvalue weighted by atomic mass is 14.4. The van der Waals surface area contributed by atoms with Crippen LogP contribution in [0.25, 0.3) is 0 Å². The van der Waals surface area contributed by atoms with Crippen molar-refractivity contribution < 1.29 is 26.0 Å². The molecule has 5 fully saturated rings. The molecule has 0 heteroatoms. The lowest BCUT2D eigenvalue weighted by Crippen LogP contribution is -2.29. The molecule has 0 heterocycles. The summed E-state index contributed by atoms with van der Waals surface area (Å²) in [5, 5.41) is 0. The van der Waals surface area contributed by atoms with Gasteiger partial charge in [-0.3, -0.25) is 0 Å². The highest BCUT2D eigenvalue weighted by Crippen LogP contribution is 2.48. The van der Waals surface area contributed by atoms with Gasteiger partial charge in [-0.05, 0) is 251 Å². The maximum atomic E-state index is 8.14. The summed E-state index contributed by atoms with van der Waals surface area (Å²) >= 11 is 0. The SMILES string of the molecule is [2H]C(C)(C)c1cc(C(C)(C)C)ccc1C.[2H]C(C)(C)c1ccc(C)c(C([2H])(C)C([2H])([2H])[2H])c1.[2H]C(C)(CC)CC.[2H]C([2H])([2H])c1cc(C)cc(C)c1C.[2H]C([2H])([2H])c1cc(C)ccc1C.[2H][C@@]1(C)CC2CCC1C2.[2H][C@@]1(C)CC2CCC1CC2.[2H]c1c([2H])c(CC(C)(C)C)c([2H])c([2H])c1C. The molecular formula is C81H130. The zero-order valence-corrected chi connectivity index (χ0v) is 56.1. The van der Waals surface area contributed by atoms with Crippen LogP contribution in [0.2, 0.25) is 0 Å². The summed E-state index contributed by atoms with van der Waals surface area (Å²) in [6, 6.07) is 21.4. The molecule has 0 spiro atoms. The van der Waals surface area contributed by atoms with E-state index in [1.54, 1.807) is 52.0 Å². The van der Waals surface area contributed by atoms with Crippen molar-refractivity contribution in [1.82, 2.24) is 0 Å². The molecule has 5 aromatic carbocycles. The first-order valence-corrected chi connectivity index (χ1v) is 30.8. The fraction of sp³-hybridized carbons (Fsp3) is 0.630. The summed E-state index contributed by atoms with van der Waals surface area (Å²) in [7, 11) is 0. The molecule has 5 saturated carbocycles. The molecule has 0 saturated heterocycles. The second-order valence-electron chi connectivity index (χ2n) is 27.2. The van der Waals surface area contributed by atoms with Crippen LogP contribution in [0.15, 0.2) is 90.9 Å². The molecule has 0 radical (unpaired) electrons. The van der Waals surface area contributed by atoms with Crippen molar-refractivity contribution >= 4 is 0 Å². The van der Waals surface area contributed by atoms with Crippen molar-refractivity contribution in [2.24, 2.45) is 46.8 Å². The van der Waals surface area contributed by atoms with Crippen LogP contribution in [0.1, 0.15) is 315 Å². The summed E-state index contributed by atoms with van der Waals surface area (Å²) < 4.78 is 145. The zero-order chi connectivity index (χ0) is 78.0. The first-order chi connectivity index (χ1) is 44.9. The van der Waals surface area contributed by atoms with E-state index in [4.69, 9.17) is 26.0 Å². The lowest BCUT2D eigenvalue weighted by Gasteiger charge is -2.40. The van der Waals surface area contributed by atoms with Gasteiger partial charge in [0.2, 0.25) is 0 Å². The largest absolute Gasteiger partial charge is 0.0651 e. The summed E-state index contributed by atoms with van der Waals surface area (Å²) in [5.41, 5.74) is 12.4. The van der Waals surface area contributed by atoms with Crippen molar-refractivity contribution in [1.29, 1.82) is 0 Å². The van der Waals surface area contributed by atoms with E-state index in [9.17, 15) is 0 Å². The van der Waals surface area contributed by atoms with Gasteiger partial charge in [-0.1, -0.05) is 257 Å². The van der Waals surface area contributed by atoms with Crippen molar-refractivity contribution in [3.63, 3.8) is 0 Å². The first kappa shape index (κ1) is 47.4. The lowest BCUT2D eigenvalue weighted by atomic mass is 9.65. The fourth-order valence-corrected chi connectivity index (χ4v) is 10.8. The Bertz CT molecular complexity index is 3380. The molecule has 454 valence electrons. The second-order valence-corrected chi connectivity index (χ2v) is 27.2. The smallest absolute Gasteiger partial charge is 0.0626 e. The maximum absolute atomic E-state index is 8.14. The van der Waals surface area contributed by atoms with Crippen LogP contribution < -0.4 is 0 Å². The average molecular weight is 1120 g/mol. The molecule has 10 rings (SSSR count). The highest BCUT2D eigenvalue weighted by molar-refractivity contribution is 5.38. The van der Waals surface area contributed by atoms with Crippen LogP contribution >= 0.6 is 0 Å². The van der Waals surface area contributed by atoms with E-state index >= 15 is 0 Å². The van der Waals surface area contributed by atoms with Crippen molar-refractivity contribution in [2.75, 3.05) is 0 Å². The molecule has 0 nitrogen and oxygen atoms in total. The summed E-state index contributed by atoms with van der Waals surface area (Å²) in [6.07, 6.45) is 14.5. The topological polar surface area (TPSA) is 0 Å². The Kier molecular flexibility index (Phi) is 20.7. The molecule has 4 bridgehead atoms. The predicted octanol–water partition coefficient (Wildman–Crippen LogP) is 25.5. The number of benzene rings is 5. The van der Waals surface area contributed by atoms with Gasteiger partial charge in [0.25, 0.3) is 0 Å². The molecule has 5 atom stereocenters. The standard InChI is InChI=1S/C14H22.C13H20.C12H18.C10H14.C9H16.C9H12.C8H14.C6H14/c1-10(2)13-9-12(14(4,5)6)8-7-11(13)3;1-9(2)12-7-6-11(5)13(8-12)10(3)4;1-10-5-7-11(8-6-10)9-12(2,3)4;1-7-5-8(2)10(4)9(3)6-7;1-7-6-8-2-4-9(7)5-3-8;1-7-4-5-8(2)9(3)6-7;1-6-4-7-2-3-8(6)5-7;1-4-6(3)5-2/h7-10H,1-6H3;6-10H,1-5H3;5-8H,9H2,1-4H3;5-6H,1-4H3;7-9H,2-6H2,1H3;4-6H,1-3H3;6-8H,2-5H2,1H3;6H,4-5H2,1-3H3/t;;;;7-,8?,9?;;6-,7?,8?;/m....1.1./s1/i10D;3D3,9D,10D;5D,6D,7D,8D;2D3;7D;3D3;2*6D. The molecule has 0 N–H and O–H groups in total. The third kappa shape index (κ3) is 27.6. The minimum Gasteiger partial charge on any atom is -0.0651 e. The lowest BCUT2D eigenvalue weighted by molar-refractivity contribution is 0.111. The van der Waals surface area contributed by atoms with Crippen molar-refractivity contribution in [3.8, 4) is 0 Å². The predicted molar refractivity (Wildman–Crippen MR) is 367 cm³/mol. The van der Waals surface area contributed by atoms with Crippen molar-refractivity contribution in [3.05, 3.63) is 174 Å². The van der Waals surface area contributed by atoms with Gasteiger partial charge in [0.05, 0.1) is 5.48 Å². The Hall–Kier alpha value is -3.90. The quantitative estimate of drug-likeness (QED) is 0.159. The Morgan fingerprint density at radius 1 is 0.506 bits per heavy atom. The average Bonchev–Trinajstić information content (AvgIpc) is 1.13. The number of hydrogen-bond donors (Lipinski definition) is 0. The number of rotatable bonds is 6. The van der Waals surface area contributed by atoms with Crippen LogP contribution in [-0.2, 0) is 11.8 Å². The van der Waals surface area contributed by atoms with Gasteiger partial charge in [-0.15, -0.1) is 0 Å². The maximum Gasteiger partial charge on any atom is 0.0626 e. The van der Waals surface area contributed by atoms with Crippen molar-refractivity contribution in [2.45, 2.75) is 287 Å². The van der Waals surface area contributed by atoms with Gasteiger partial charge >= 0.3 is 0 Å². The molecule has 3 unspecified atom stereocenters. The third-order valence-electron chi connectivity index (χ3n) is 16.8. The van der Waals surface area contributed by atoms with Gasteiger partial charge in [-0.2, -0.15) is 0 Å². The van der Waals surface area contributed by atoms with E-state index < -0.39 is 38.2 Å². The molecular weight excluding hydrogens is 973 g/mol. The second kappa shape index (κ2) is 35.4. The highest BCUT2D eigenvalue weighted by Gasteiger charge is 2.36. The van der Waals surface area contributed by atoms with Crippen LogP contribution in [-0.4, -0.2) is 0 Å². The summed E-state index contributed by atoms with van der Waals surface area (Å²) in [5.74, 6) is 0.103. The van der Waals surface area contributed by atoms with E-state index in [2.05, 4.69) is 73.6 Å². The fourth-order valence-electron chi connectivity index (χ4n) is 10.8. The first-order valence-electron chi connectivity index (χ1n) is 40.3. The van der Waals surface area contributed by atoms with Gasteiger partial charge in [-0.25, -0.2) is 0 Å². The molecule has 0 aromatic heterocycles. The Balaban J connectivity index is 0.000000394. The molecule has 0 aliphatic heterocycles. The molecule has 5 aliphatic carbocycles. The van der Waals surface area contributed by atoms with Crippen LogP contribution in [0.4, 0.5) is 0 Å². The van der Waals surface area contributed by atoms with Gasteiger partial charge < -0.3 is 0 Å². The van der Waals surface area contributed by atoms with E-state index in [1.807, 2.05) is 100 Å². The molecule has 5 aliphatic rings. The van der Waals surface area contributed by atoms with Crippen LogP contribution in [0, 0.1) is 116 Å². The molecule has 5 aromatic rings. The Morgan fingerprint density at radius 3 is 1.41 bits per heavy atom. The Morgan fingerprint density at radius 2 is 1.01 bits per heavy atom. The number of hydrogen-bond acceptors (Lipinski definition) is 0. The summed E-state index contributed by atoms with van der Waals surface area (Å²) in [4.78, 5) is 0. The van der Waals surface area contributed by atoms with E-state index in [-0.39, 0.29) is 52.7 Å². The zero-order valence-electron chi connectivity index (χ0n) is 75.1. The van der Waals surface area contributed by atoms with Gasteiger partial charge in [0, 0.05) is 20.6 Å². The number of fused-ring (bicyclic) bond motifs is 5. The van der Waals surface area contributed by atoms with Gasteiger partial charge in [0.1, 0.15) is 0 Å². The Labute approximate surface area is 532 Å². The summed E-state index contributed by atoms with van der Waals surface area (Å²) in [6.45, 7) is 40.4. The number of aryl methyl sites for hydroxylation is 8. The van der Waals surface area contributed by atoms with E-state index in [1.165, 1.54) is 75.8 Å². The minimum atomic E-state index is -2.39. The van der Waals surface area contributed by atoms with Crippen LogP contribution in [0.3, 0.4) is 0 Å². The minimum absolute atomic E-state index is 0.0388. The monoisotopic (exact) mass is 1120 g/mol. The van der Waals surface area contributed by atoms with Crippen LogP contribution in [0.5, 0.6) is 0 Å². The van der Waals surface area contributed by atoms with E-state index in [0.29, 0.717) is 34.2 Å². The van der Waals surface area contributed by atoms with E-state index in [0.717, 1.165) is 81.0 Å². The third-order valence-corrected chi connectivity index (χ3v) is 16.8.